The molecule has 4 aromatic rings. The summed E-state index contributed by atoms with van der Waals surface area (Å²) in [5.41, 5.74) is 6.55. The maximum atomic E-state index is 2.36. The largest absolute Gasteiger partial charge is 0.212 e. The first-order valence-corrected chi connectivity index (χ1v) is 8.44. The van der Waals surface area contributed by atoms with Gasteiger partial charge in [0.05, 0.1) is 0 Å². The number of benzene rings is 3. The third kappa shape index (κ3) is 2.28. The molecule has 1 nitrogen and oxygen atoms in total. The van der Waals surface area contributed by atoms with E-state index in [4.69, 9.17) is 0 Å². The van der Waals surface area contributed by atoms with Crippen molar-refractivity contribution in [3.63, 3.8) is 0 Å². The van der Waals surface area contributed by atoms with Gasteiger partial charge >= 0.3 is 0 Å². The lowest BCUT2D eigenvalue weighted by Gasteiger charge is -2.11. The van der Waals surface area contributed by atoms with Crippen molar-refractivity contribution >= 4 is 21.5 Å². The number of rotatable bonds is 1. The summed E-state index contributed by atoms with van der Waals surface area (Å²) in [6, 6.07) is 20.0. The number of aryl methyl sites for hydroxylation is 4. The molecule has 0 N–H and O–H groups in total. The van der Waals surface area contributed by atoms with E-state index in [1.807, 2.05) is 0 Å². The quantitative estimate of drug-likeness (QED) is 0.327. The van der Waals surface area contributed by atoms with Crippen LogP contribution < -0.4 is 4.57 Å². The van der Waals surface area contributed by atoms with E-state index in [-0.39, 0.29) is 0 Å². The molecule has 0 saturated heterocycles. The third-order valence-electron chi connectivity index (χ3n) is 5.11. The minimum absolute atomic E-state index is 1.27. The Morgan fingerprint density at radius 3 is 2.25 bits per heavy atom. The minimum Gasteiger partial charge on any atom is -0.201 e. The predicted octanol–water partition coefficient (Wildman–Crippen LogP) is 5.41. The van der Waals surface area contributed by atoms with Crippen molar-refractivity contribution in [2.45, 2.75) is 20.8 Å². The number of hydrogen-bond donors (Lipinski definition) is 0. The average Bonchev–Trinajstić information content (AvgIpc) is 2.57. The van der Waals surface area contributed by atoms with Crippen LogP contribution in [0.25, 0.3) is 32.8 Å². The van der Waals surface area contributed by atoms with Crippen molar-refractivity contribution in [2.24, 2.45) is 7.05 Å². The molecule has 0 unspecified atom stereocenters. The number of nitrogens with zero attached hydrogens (tertiary/aromatic N) is 1. The fourth-order valence-electron chi connectivity index (χ4n) is 3.59. The Bertz CT molecular complexity index is 1090. The number of aromatic nitrogens is 1. The molecule has 0 aliphatic carbocycles. The third-order valence-corrected chi connectivity index (χ3v) is 5.11. The van der Waals surface area contributed by atoms with E-state index in [1.165, 1.54) is 49.5 Å². The second kappa shape index (κ2) is 5.45. The van der Waals surface area contributed by atoms with E-state index in [2.05, 4.69) is 93.2 Å². The van der Waals surface area contributed by atoms with Crippen LogP contribution in [0.4, 0.5) is 0 Å². The summed E-state index contributed by atoms with van der Waals surface area (Å²) < 4.78 is 2.24. The van der Waals surface area contributed by atoms with Crippen LogP contribution in [0.5, 0.6) is 0 Å². The lowest BCUT2D eigenvalue weighted by Crippen LogP contribution is -2.31. The molecular formula is C23H22N+. The Kier molecular flexibility index (Phi) is 3.38. The molecule has 0 radical (unpaired) electrons. The molecule has 0 spiro atoms. The van der Waals surface area contributed by atoms with Gasteiger partial charge in [-0.2, -0.15) is 0 Å². The Hall–Kier alpha value is -2.67. The lowest BCUT2D eigenvalue weighted by molar-refractivity contribution is -0.660. The van der Waals surface area contributed by atoms with Gasteiger partial charge in [-0.15, -0.1) is 0 Å². The molecule has 0 aliphatic rings. The summed E-state index contributed by atoms with van der Waals surface area (Å²) in [4.78, 5) is 0. The first-order chi connectivity index (χ1) is 11.5. The topological polar surface area (TPSA) is 3.88 Å². The molecule has 0 atom stereocenters. The van der Waals surface area contributed by atoms with E-state index in [0.29, 0.717) is 0 Å². The molecule has 4 rings (SSSR count). The molecule has 1 heteroatoms. The van der Waals surface area contributed by atoms with Crippen LogP contribution in [0.2, 0.25) is 0 Å². The average molecular weight is 312 g/mol. The number of pyridine rings is 1. The second-order valence-electron chi connectivity index (χ2n) is 6.81. The first kappa shape index (κ1) is 14.9. The van der Waals surface area contributed by atoms with Gasteiger partial charge in [0.1, 0.15) is 7.05 Å². The molecule has 1 heterocycles. The van der Waals surface area contributed by atoms with Crippen molar-refractivity contribution in [2.75, 3.05) is 0 Å². The zero-order chi connectivity index (χ0) is 16.8. The molecule has 0 fully saturated rings. The van der Waals surface area contributed by atoms with Crippen LogP contribution in [0.1, 0.15) is 16.7 Å². The monoisotopic (exact) mass is 312 g/mol. The maximum Gasteiger partial charge on any atom is 0.212 e. The highest BCUT2D eigenvalue weighted by atomic mass is 14.9. The first-order valence-electron chi connectivity index (χ1n) is 8.44. The van der Waals surface area contributed by atoms with Crippen molar-refractivity contribution in [3.8, 4) is 11.3 Å². The maximum absolute atomic E-state index is 2.36. The van der Waals surface area contributed by atoms with E-state index < -0.39 is 0 Å². The summed E-state index contributed by atoms with van der Waals surface area (Å²) in [5.74, 6) is 0. The predicted molar refractivity (Wildman–Crippen MR) is 102 cm³/mol. The van der Waals surface area contributed by atoms with Gasteiger partial charge < -0.3 is 0 Å². The number of fused-ring (bicyclic) bond motifs is 3. The fourth-order valence-corrected chi connectivity index (χ4v) is 3.59. The van der Waals surface area contributed by atoms with Crippen molar-refractivity contribution in [1.82, 2.24) is 0 Å². The van der Waals surface area contributed by atoms with Gasteiger partial charge in [-0.05, 0) is 59.5 Å². The van der Waals surface area contributed by atoms with Crippen LogP contribution >= 0.6 is 0 Å². The van der Waals surface area contributed by atoms with Crippen LogP contribution in [0, 0.1) is 20.8 Å². The zero-order valence-corrected chi connectivity index (χ0v) is 14.7. The van der Waals surface area contributed by atoms with E-state index in [1.54, 1.807) is 0 Å². The molecule has 3 aromatic carbocycles. The van der Waals surface area contributed by atoms with E-state index in [0.717, 1.165) is 0 Å². The smallest absolute Gasteiger partial charge is 0.201 e. The van der Waals surface area contributed by atoms with E-state index >= 15 is 0 Å². The van der Waals surface area contributed by atoms with Crippen LogP contribution in [-0.4, -0.2) is 0 Å². The van der Waals surface area contributed by atoms with Crippen LogP contribution in [0.3, 0.4) is 0 Å². The molecule has 0 bridgehead atoms. The number of hydrogen-bond acceptors (Lipinski definition) is 0. The second-order valence-corrected chi connectivity index (χ2v) is 6.81. The molecular weight excluding hydrogens is 290 g/mol. The van der Waals surface area contributed by atoms with Crippen molar-refractivity contribution < 1.29 is 4.57 Å². The van der Waals surface area contributed by atoms with Crippen LogP contribution in [0.15, 0.2) is 60.8 Å². The molecule has 24 heavy (non-hydrogen) atoms. The normalized spacial score (nSPS) is 11.3. The molecule has 118 valence electrons. The molecule has 1 aromatic heterocycles. The standard InChI is InChI=1S/C23H22N/c1-15-12-23(24(4)14-17(15)3)21-13-22-19(11-16(21)2)10-9-18-7-5-6-8-20(18)22/h5-14H,1-4H3/q+1. The Morgan fingerprint density at radius 1 is 0.667 bits per heavy atom. The minimum atomic E-state index is 1.27. The van der Waals surface area contributed by atoms with Crippen LogP contribution in [-0.2, 0) is 7.05 Å². The van der Waals surface area contributed by atoms with Gasteiger partial charge in [-0.3, -0.25) is 0 Å². The Morgan fingerprint density at radius 2 is 1.42 bits per heavy atom. The summed E-state index contributed by atoms with van der Waals surface area (Å²) in [7, 11) is 2.13. The molecule has 0 aliphatic heterocycles. The van der Waals surface area contributed by atoms with Gasteiger partial charge in [0.25, 0.3) is 0 Å². The van der Waals surface area contributed by atoms with Crippen molar-refractivity contribution in [3.05, 3.63) is 77.5 Å². The summed E-state index contributed by atoms with van der Waals surface area (Å²) in [6.07, 6.45) is 2.22. The highest BCUT2D eigenvalue weighted by Gasteiger charge is 2.15. The summed E-state index contributed by atoms with van der Waals surface area (Å²) >= 11 is 0. The summed E-state index contributed by atoms with van der Waals surface area (Å²) in [5, 5.41) is 5.25. The molecule has 0 amide bonds. The van der Waals surface area contributed by atoms with E-state index in [9.17, 15) is 0 Å². The zero-order valence-electron chi connectivity index (χ0n) is 14.7. The highest BCUT2D eigenvalue weighted by Crippen LogP contribution is 2.31. The van der Waals surface area contributed by atoms with Crippen molar-refractivity contribution in [1.29, 1.82) is 0 Å². The van der Waals surface area contributed by atoms with Gasteiger partial charge in [0.15, 0.2) is 6.20 Å². The fraction of sp³-hybridized carbons (Fsp3) is 0.174. The van der Waals surface area contributed by atoms with Gasteiger partial charge in [0, 0.05) is 17.2 Å². The highest BCUT2D eigenvalue weighted by molar-refractivity contribution is 6.08. The van der Waals surface area contributed by atoms with Gasteiger partial charge in [-0.25, -0.2) is 4.57 Å². The molecule has 0 saturated carbocycles. The summed E-state index contributed by atoms with van der Waals surface area (Å²) in [6.45, 7) is 6.56. The SMILES string of the molecule is Cc1cc(-c2cc3c(ccc4ccccc43)cc2C)[n+](C)cc1C. The Balaban J connectivity index is 2.08. The Labute approximate surface area is 143 Å². The van der Waals surface area contributed by atoms with Gasteiger partial charge in [0.2, 0.25) is 5.69 Å². The van der Waals surface area contributed by atoms with Gasteiger partial charge in [-0.1, -0.05) is 42.5 Å². The lowest BCUT2D eigenvalue weighted by atomic mass is 9.94.